The van der Waals surface area contributed by atoms with Crippen LogP contribution in [0.1, 0.15) is 29.7 Å². The third kappa shape index (κ3) is 3.52. The molecule has 112 valence electrons. The lowest BCUT2D eigenvalue weighted by Crippen LogP contribution is -2.22. The first-order valence-corrected chi connectivity index (χ1v) is 7.66. The zero-order valence-corrected chi connectivity index (χ0v) is 13.9. The molecule has 21 heavy (non-hydrogen) atoms. The Balaban J connectivity index is 2.48. The Morgan fingerprint density at radius 2 is 1.95 bits per heavy atom. The summed E-state index contributed by atoms with van der Waals surface area (Å²) in [6, 6.07) is 11.9. The number of halogens is 2. The Morgan fingerprint density at radius 1 is 1.19 bits per heavy atom. The molecule has 2 aromatic carbocycles. The molecule has 0 fully saturated rings. The molecule has 0 saturated heterocycles. The molecule has 0 radical (unpaired) electrons. The Labute approximate surface area is 136 Å². The SMILES string of the molecule is CCNC(c1ccc(OC)c(Cl)c1)c1cccc(C)c1Cl. The molecular formula is C17H19Cl2NO. The maximum Gasteiger partial charge on any atom is 0.137 e. The van der Waals surface area contributed by atoms with Crippen molar-refractivity contribution >= 4 is 23.2 Å². The Hall–Kier alpha value is -1.22. The topological polar surface area (TPSA) is 21.3 Å². The van der Waals surface area contributed by atoms with Gasteiger partial charge >= 0.3 is 0 Å². The van der Waals surface area contributed by atoms with Crippen molar-refractivity contribution in [3.63, 3.8) is 0 Å². The lowest BCUT2D eigenvalue weighted by molar-refractivity contribution is 0.414. The monoisotopic (exact) mass is 323 g/mol. The van der Waals surface area contributed by atoms with Gasteiger partial charge < -0.3 is 10.1 Å². The molecule has 2 rings (SSSR count). The van der Waals surface area contributed by atoms with E-state index in [0.29, 0.717) is 10.8 Å². The normalized spacial score (nSPS) is 12.2. The molecular weight excluding hydrogens is 305 g/mol. The fourth-order valence-electron chi connectivity index (χ4n) is 2.37. The first-order valence-electron chi connectivity index (χ1n) is 6.90. The van der Waals surface area contributed by atoms with Gasteiger partial charge in [-0.25, -0.2) is 0 Å². The van der Waals surface area contributed by atoms with Gasteiger partial charge in [0, 0.05) is 5.02 Å². The van der Waals surface area contributed by atoms with E-state index in [0.717, 1.165) is 28.3 Å². The minimum Gasteiger partial charge on any atom is -0.495 e. The molecule has 0 aliphatic rings. The summed E-state index contributed by atoms with van der Waals surface area (Å²) in [6.45, 7) is 4.91. The number of aryl methyl sites for hydroxylation is 1. The molecule has 0 heterocycles. The van der Waals surface area contributed by atoms with Crippen LogP contribution in [0.25, 0.3) is 0 Å². The lowest BCUT2D eigenvalue weighted by Gasteiger charge is -2.21. The molecule has 4 heteroatoms. The van der Waals surface area contributed by atoms with Gasteiger partial charge in [-0.2, -0.15) is 0 Å². The van der Waals surface area contributed by atoms with Crippen molar-refractivity contribution < 1.29 is 4.74 Å². The van der Waals surface area contributed by atoms with E-state index in [1.54, 1.807) is 7.11 Å². The van der Waals surface area contributed by atoms with Gasteiger partial charge in [-0.3, -0.25) is 0 Å². The van der Waals surface area contributed by atoms with Crippen molar-refractivity contribution in [2.24, 2.45) is 0 Å². The van der Waals surface area contributed by atoms with Crippen LogP contribution in [0.2, 0.25) is 10.0 Å². The molecule has 0 bridgehead atoms. The largest absolute Gasteiger partial charge is 0.495 e. The van der Waals surface area contributed by atoms with Crippen LogP contribution in [0.4, 0.5) is 0 Å². The summed E-state index contributed by atoms with van der Waals surface area (Å²) in [6.07, 6.45) is 0. The van der Waals surface area contributed by atoms with Gasteiger partial charge in [0.2, 0.25) is 0 Å². The number of benzene rings is 2. The zero-order valence-electron chi connectivity index (χ0n) is 12.4. The first-order chi connectivity index (χ1) is 10.1. The molecule has 2 nitrogen and oxygen atoms in total. The first kappa shape index (κ1) is 16.2. The van der Waals surface area contributed by atoms with Gasteiger partial charge in [-0.1, -0.05) is 54.4 Å². The van der Waals surface area contributed by atoms with Crippen molar-refractivity contribution in [3.05, 3.63) is 63.1 Å². The molecule has 1 N–H and O–H groups in total. The molecule has 1 atom stereocenters. The van der Waals surface area contributed by atoms with E-state index in [1.165, 1.54) is 0 Å². The molecule has 0 spiro atoms. The van der Waals surface area contributed by atoms with Crippen molar-refractivity contribution in [2.75, 3.05) is 13.7 Å². The number of rotatable bonds is 5. The fraction of sp³-hybridized carbons (Fsp3) is 0.294. The van der Waals surface area contributed by atoms with Crippen LogP contribution < -0.4 is 10.1 Å². The number of hydrogen-bond acceptors (Lipinski definition) is 2. The van der Waals surface area contributed by atoms with Crippen LogP contribution in [-0.4, -0.2) is 13.7 Å². The smallest absolute Gasteiger partial charge is 0.137 e. The fourth-order valence-corrected chi connectivity index (χ4v) is 2.87. The predicted octanol–water partition coefficient (Wildman–Crippen LogP) is 5.01. The van der Waals surface area contributed by atoms with Crippen LogP contribution in [-0.2, 0) is 0 Å². The van der Waals surface area contributed by atoms with E-state index in [2.05, 4.69) is 12.2 Å². The van der Waals surface area contributed by atoms with Crippen molar-refractivity contribution in [1.82, 2.24) is 5.32 Å². The summed E-state index contributed by atoms with van der Waals surface area (Å²) < 4.78 is 5.21. The minimum absolute atomic E-state index is 0.00538. The van der Waals surface area contributed by atoms with Crippen LogP contribution in [0.5, 0.6) is 5.75 Å². The minimum atomic E-state index is 0.00538. The molecule has 0 aromatic heterocycles. The van der Waals surface area contributed by atoms with E-state index in [-0.39, 0.29) is 6.04 Å². The highest BCUT2D eigenvalue weighted by Crippen LogP contribution is 2.34. The third-order valence-electron chi connectivity index (χ3n) is 3.45. The third-order valence-corrected chi connectivity index (χ3v) is 4.26. The van der Waals surface area contributed by atoms with Crippen LogP contribution in [0.15, 0.2) is 36.4 Å². The van der Waals surface area contributed by atoms with Gasteiger partial charge in [-0.15, -0.1) is 0 Å². The van der Waals surface area contributed by atoms with E-state index >= 15 is 0 Å². The number of ether oxygens (including phenoxy) is 1. The second kappa shape index (κ2) is 7.17. The highest BCUT2D eigenvalue weighted by molar-refractivity contribution is 6.32. The second-order valence-corrected chi connectivity index (χ2v) is 5.65. The van der Waals surface area contributed by atoms with Gasteiger partial charge in [-0.05, 0) is 42.3 Å². The zero-order chi connectivity index (χ0) is 15.4. The molecule has 2 aromatic rings. The van der Waals surface area contributed by atoms with Crippen LogP contribution in [0, 0.1) is 6.92 Å². The standard InChI is InChI=1S/C17H19Cl2NO/c1-4-20-17(13-7-5-6-11(2)16(13)19)12-8-9-15(21-3)14(18)10-12/h5-10,17,20H,4H2,1-3H3. The van der Waals surface area contributed by atoms with Crippen LogP contribution >= 0.6 is 23.2 Å². The summed E-state index contributed by atoms with van der Waals surface area (Å²) in [5.74, 6) is 0.672. The highest BCUT2D eigenvalue weighted by Gasteiger charge is 2.18. The Kier molecular flexibility index (Phi) is 5.51. The molecule has 0 aliphatic heterocycles. The lowest BCUT2D eigenvalue weighted by atomic mass is 9.97. The number of methoxy groups -OCH3 is 1. The number of nitrogens with one attached hydrogen (secondary N) is 1. The molecule has 0 amide bonds. The molecule has 0 aliphatic carbocycles. The summed E-state index contributed by atoms with van der Waals surface area (Å²) in [5.41, 5.74) is 3.19. The van der Waals surface area contributed by atoms with Gasteiger partial charge in [0.15, 0.2) is 0 Å². The predicted molar refractivity (Wildman–Crippen MR) is 89.7 cm³/mol. The highest BCUT2D eigenvalue weighted by atomic mass is 35.5. The van der Waals surface area contributed by atoms with Crippen LogP contribution in [0.3, 0.4) is 0 Å². The maximum atomic E-state index is 6.47. The van der Waals surface area contributed by atoms with Gasteiger partial charge in [0.05, 0.1) is 18.2 Å². The van der Waals surface area contributed by atoms with Gasteiger partial charge in [0.1, 0.15) is 5.75 Å². The van der Waals surface area contributed by atoms with E-state index in [4.69, 9.17) is 27.9 Å². The quantitative estimate of drug-likeness (QED) is 0.835. The molecule has 0 saturated carbocycles. The number of hydrogen-bond donors (Lipinski definition) is 1. The van der Waals surface area contributed by atoms with Crippen molar-refractivity contribution in [2.45, 2.75) is 19.9 Å². The second-order valence-electron chi connectivity index (χ2n) is 4.86. The Bertz CT molecular complexity index is 628. The van der Waals surface area contributed by atoms with E-state index in [9.17, 15) is 0 Å². The van der Waals surface area contributed by atoms with E-state index in [1.807, 2.05) is 43.3 Å². The summed E-state index contributed by atoms with van der Waals surface area (Å²) in [7, 11) is 1.61. The average Bonchev–Trinajstić information content (AvgIpc) is 2.48. The van der Waals surface area contributed by atoms with Gasteiger partial charge in [0.25, 0.3) is 0 Å². The summed E-state index contributed by atoms with van der Waals surface area (Å²) in [5, 5.41) is 4.85. The van der Waals surface area contributed by atoms with Crippen molar-refractivity contribution in [1.29, 1.82) is 0 Å². The van der Waals surface area contributed by atoms with Crippen molar-refractivity contribution in [3.8, 4) is 5.75 Å². The summed E-state index contributed by atoms with van der Waals surface area (Å²) in [4.78, 5) is 0. The Morgan fingerprint density at radius 3 is 2.57 bits per heavy atom. The molecule has 1 unspecified atom stereocenters. The van der Waals surface area contributed by atoms with E-state index < -0.39 is 0 Å². The summed E-state index contributed by atoms with van der Waals surface area (Å²) >= 11 is 12.7. The average molecular weight is 324 g/mol. The maximum absolute atomic E-state index is 6.47.